The van der Waals surface area contributed by atoms with Gasteiger partial charge in [0.15, 0.2) is 9.84 Å². The van der Waals surface area contributed by atoms with E-state index in [1.807, 2.05) is 0 Å². The Hall–Kier alpha value is -2.23. The van der Waals surface area contributed by atoms with Crippen molar-refractivity contribution in [1.82, 2.24) is 0 Å². The van der Waals surface area contributed by atoms with Crippen LogP contribution in [-0.4, -0.2) is 44.2 Å². The Morgan fingerprint density at radius 3 is 2.59 bits per heavy atom. The first-order chi connectivity index (χ1) is 12.4. The average molecular weight is 405 g/mol. The molecule has 4 N–H and O–H groups in total. The van der Waals surface area contributed by atoms with Crippen molar-refractivity contribution in [2.75, 3.05) is 17.7 Å². The van der Waals surface area contributed by atoms with E-state index in [0.717, 1.165) is 12.5 Å². The predicted octanol–water partition coefficient (Wildman–Crippen LogP) is 2.52. The molecule has 1 aromatic carbocycles. The van der Waals surface area contributed by atoms with Gasteiger partial charge < -0.3 is 15.8 Å². The lowest BCUT2D eigenvalue weighted by Crippen LogP contribution is -2.47. The van der Waals surface area contributed by atoms with Gasteiger partial charge in [-0.1, -0.05) is 0 Å². The van der Waals surface area contributed by atoms with Crippen LogP contribution in [0, 0.1) is 5.41 Å². The van der Waals surface area contributed by atoms with E-state index < -0.39 is 21.0 Å². The highest BCUT2D eigenvalue weighted by atomic mass is 32.2. The summed E-state index contributed by atoms with van der Waals surface area (Å²) in [5, 5.41) is 10.1. The molecule has 1 unspecified atom stereocenters. The van der Waals surface area contributed by atoms with Gasteiger partial charge in [0, 0.05) is 17.2 Å². The van der Waals surface area contributed by atoms with Crippen molar-refractivity contribution < 1.29 is 26.7 Å². The van der Waals surface area contributed by atoms with Crippen LogP contribution in [0.15, 0.2) is 18.2 Å². The standard InChI is InChI=1S/C15H21N3O4S.C2H4F2/c1-15(2,14(16)17)23(20,21)8-10-5-6-22-13-4-3-11(18-9-19)7-12(10)13;1-2(3)4/h3-4,7,9-10H,5-6,8H2,1-2H3,(H3,16,17)(H,18,19);2H,1H3. The zero-order chi connectivity index (χ0) is 20.8. The lowest BCUT2D eigenvalue weighted by atomic mass is 9.94. The van der Waals surface area contributed by atoms with Gasteiger partial charge in [-0.2, -0.15) is 0 Å². The number of alkyl halides is 2. The van der Waals surface area contributed by atoms with Crippen LogP contribution in [-0.2, 0) is 14.6 Å². The van der Waals surface area contributed by atoms with Gasteiger partial charge in [-0.05, 0) is 45.4 Å². The molecule has 27 heavy (non-hydrogen) atoms. The van der Waals surface area contributed by atoms with Gasteiger partial charge in [-0.15, -0.1) is 0 Å². The van der Waals surface area contributed by atoms with Crippen molar-refractivity contribution >= 4 is 27.8 Å². The molecule has 1 heterocycles. The molecule has 1 aliphatic heterocycles. The van der Waals surface area contributed by atoms with Gasteiger partial charge >= 0.3 is 0 Å². The van der Waals surface area contributed by atoms with Gasteiger partial charge in [-0.3, -0.25) is 10.2 Å². The number of rotatable bonds is 6. The molecule has 1 aliphatic rings. The van der Waals surface area contributed by atoms with Crippen LogP contribution in [0.25, 0.3) is 0 Å². The number of hydrogen-bond acceptors (Lipinski definition) is 5. The van der Waals surface area contributed by atoms with E-state index in [4.69, 9.17) is 15.9 Å². The zero-order valence-corrected chi connectivity index (χ0v) is 16.3. The third kappa shape index (κ3) is 5.88. The van der Waals surface area contributed by atoms with E-state index in [2.05, 4.69) is 5.32 Å². The quantitative estimate of drug-likeness (QED) is 0.381. The molecular weight excluding hydrogens is 380 g/mol. The van der Waals surface area contributed by atoms with E-state index in [1.165, 1.54) is 13.8 Å². The van der Waals surface area contributed by atoms with Crippen LogP contribution in [0.3, 0.4) is 0 Å². The summed E-state index contributed by atoms with van der Waals surface area (Å²) in [5.41, 5.74) is 6.77. The number of halogens is 2. The number of amides is 1. The molecule has 1 atom stereocenters. The molecule has 2 rings (SSSR count). The summed E-state index contributed by atoms with van der Waals surface area (Å²) in [4.78, 5) is 10.6. The fourth-order valence-corrected chi connectivity index (χ4v) is 4.06. The first-order valence-corrected chi connectivity index (χ1v) is 9.89. The van der Waals surface area contributed by atoms with E-state index in [9.17, 15) is 22.0 Å². The van der Waals surface area contributed by atoms with Crippen molar-refractivity contribution in [3.63, 3.8) is 0 Å². The van der Waals surface area contributed by atoms with Crippen LogP contribution in [0.4, 0.5) is 14.5 Å². The summed E-state index contributed by atoms with van der Waals surface area (Å²) in [6.07, 6.45) is -1.05. The molecule has 0 spiro atoms. The number of carbonyl (C=O) groups is 1. The van der Waals surface area contributed by atoms with E-state index in [1.54, 1.807) is 18.2 Å². The second-order valence-electron chi connectivity index (χ2n) is 6.57. The van der Waals surface area contributed by atoms with Crippen molar-refractivity contribution in [1.29, 1.82) is 5.41 Å². The number of sulfone groups is 1. The summed E-state index contributed by atoms with van der Waals surface area (Å²) in [6.45, 7) is 4.14. The first-order valence-electron chi connectivity index (χ1n) is 8.24. The fourth-order valence-electron chi connectivity index (χ4n) is 2.44. The predicted molar refractivity (Wildman–Crippen MR) is 100 cm³/mol. The number of nitrogens with two attached hydrogens (primary N) is 1. The molecule has 0 bridgehead atoms. The first kappa shape index (κ1) is 22.8. The minimum Gasteiger partial charge on any atom is -0.493 e. The molecule has 0 radical (unpaired) electrons. The SMILES string of the molecule is CC(C)(C(=N)N)S(=O)(=O)CC1CCOc2ccc(NC=O)cc21.CC(F)F. The number of carbonyl (C=O) groups excluding carboxylic acids is 1. The molecule has 0 fully saturated rings. The van der Waals surface area contributed by atoms with Gasteiger partial charge in [0.1, 0.15) is 16.3 Å². The van der Waals surface area contributed by atoms with Crippen LogP contribution in [0.2, 0.25) is 0 Å². The minimum atomic E-state index is -3.62. The molecule has 0 saturated heterocycles. The third-order valence-electron chi connectivity index (χ3n) is 4.25. The number of ether oxygens (including phenoxy) is 1. The monoisotopic (exact) mass is 405 g/mol. The smallest absolute Gasteiger partial charge is 0.235 e. The van der Waals surface area contributed by atoms with Crippen LogP contribution in [0.5, 0.6) is 5.75 Å². The Balaban J connectivity index is 0.000000828. The van der Waals surface area contributed by atoms with Crippen LogP contribution < -0.4 is 15.8 Å². The molecule has 10 heteroatoms. The van der Waals surface area contributed by atoms with Gasteiger partial charge in [0.25, 0.3) is 0 Å². The lowest BCUT2D eigenvalue weighted by molar-refractivity contribution is -0.105. The number of nitrogens with one attached hydrogen (secondary N) is 2. The maximum Gasteiger partial charge on any atom is 0.235 e. The van der Waals surface area contributed by atoms with E-state index in [0.29, 0.717) is 30.9 Å². The van der Waals surface area contributed by atoms with Crippen molar-refractivity contribution in [3.8, 4) is 5.75 Å². The fraction of sp³-hybridized carbons (Fsp3) is 0.529. The average Bonchev–Trinajstić information content (AvgIpc) is 2.54. The minimum absolute atomic E-state index is 0.125. The van der Waals surface area contributed by atoms with Crippen molar-refractivity contribution in [2.45, 2.75) is 44.3 Å². The Kier molecular flexibility index (Phi) is 7.70. The summed E-state index contributed by atoms with van der Waals surface area (Å²) in [7, 11) is -3.62. The van der Waals surface area contributed by atoms with Crippen LogP contribution in [0.1, 0.15) is 38.7 Å². The molecule has 152 valence electrons. The van der Waals surface area contributed by atoms with Crippen molar-refractivity contribution in [3.05, 3.63) is 23.8 Å². The summed E-state index contributed by atoms with van der Waals surface area (Å²) in [5.74, 6) is -0.147. The number of hydrogen-bond donors (Lipinski definition) is 3. The third-order valence-corrected chi connectivity index (χ3v) is 6.86. The molecule has 1 amide bonds. The normalized spacial score (nSPS) is 16.4. The molecule has 0 aliphatic carbocycles. The summed E-state index contributed by atoms with van der Waals surface area (Å²) >= 11 is 0. The Labute approximate surface area is 157 Å². The van der Waals surface area contributed by atoms with Crippen molar-refractivity contribution in [2.24, 2.45) is 5.73 Å². The number of benzene rings is 1. The molecular formula is C17H25F2N3O4S. The molecule has 0 saturated carbocycles. The number of anilines is 1. The second kappa shape index (κ2) is 9.12. The molecule has 1 aromatic rings. The summed E-state index contributed by atoms with van der Waals surface area (Å²) in [6, 6.07) is 5.14. The highest BCUT2D eigenvalue weighted by Gasteiger charge is 2.40. The Bertz CT molecular complexity index is 780. The largest absolute Gasteiger partial charge is 0.493 e. The lowest BCUT2D eigenvalue weighted by Gasteiger charge is -2.30. The van der Waals surface area contributed by atoms with Gasteiger partial charge in [-0.25, -0.2) is 17.2 Å². The Morgan fingerprint density at radius 1 is 1.48 bits per heavy atom. The van der Waals surface area contributed by atoms with Gasteiger partial charge in [0.05, 0.1) is 12.4 Å². The van der Waals surface area contributed by atoms with E-state index in [-0.39, 0.29) is 17.5 Å². The van der Waals surface area contributed by atoms with Gasteiger partial charge in [0.2, 0.25) is 12.8 Å². The molecule has 0 aromatic heterocycles. The number of amidine groups is 1. The van der Waals surface area contributed by atoms with Crippen LogP contribution >= 0.6 is 0 Å². The maximum atomic E-state index is 12.6. The highest BCUT2D eigenvalue weighted by Crippen LogP contribution is 2.37. The summed E-state index contributed by atoms with van der Waals surface area (Å²) < 4.78 is 50.1. The maximum absolute atomic E-state index is 12.6. The molecule has 7 nitrogen and oxygen atoms in total. The van der Waals surface area contributed by atoms with E-state index >= 15 is 0 Å². The Morgan fingerprint density at radius 2 is 2.07 bits per heavy atom. The highest BCUT2D eigenvalue weighted by molar-refractivity contribution is 7.93. The zero-order valence-electron chi connectivity index (χ0n) is 15.5. The second-order valence-corrected chi connectivity index (χ2v) is 9.16. The topological polar surface area (TPSA) is 122 Å². The number of fused-ring (bicyclic) bond motifs is 1.